The van der Waals surface area contributed by atoms with Crippen LogP contribution < -0.4 is 14.8 Å². The van der Waals surface area contributed by atoms with Crippen LogP contribution in [0.5, 0.6) is 5.75 Å². The van der Waals surface area contributed by atoms with Gasteiger partial charge in [0.15, 0.2) is 0 Å². The van der Waals surface area contributed by atoms with Gasteiger partial charge in [0, 0.05) is 17.4 Å². The number of rotatable bonds is 10. The lowest BCUT2D eigenvalue weighted by Crippen LogP contribution is -2.31. The molecule has 0 aliphatic heterocycles. The van der Waals surface area contributed by atoms with Crippen LogP contribution in [-0.4, -0.2) is 31.0 Å². The number of aryl methyl sites for hydroxylation is 1. The Balaban J connectivity index is 1.86. The highest BCUT2D eigenvalue weighted by molar-refractivity contribution is 7.87. The summed E-state index contributed by atoms with van der Waals surface area (Å²) < 4.78 is 39.3. The fourth-order valence-corrected chi connectivity index (χ4v) is 4.70. The quantitative estimate of drug-likeness (QED) is 0.386. The zero-order valence-electron chi connectivity index (χ0n) is 17.7. The highest BCUT2D eigenvalue weighted by Gasteiger charge is 2.22. The van der Waals surface area contributed by atoms with Gasteiger partial charge in [0.25, 0.3) is 0 Å². The van der Waals surface area contributed by atoms with E-state index in [1.165, 1.54) is 11.3 Å². The van der Waals surface area contributed by atoms with E-state index in [0.29, 0.717) is 11.3 Å². The van der Waals surface area contributed by atoms with E-state index in [2.05, 4.69) is 15.0 Å². The molecule has 0 aliphatic carbocycles. The minimum Gasteiger partial charge on any atom is -0.496 e. The summed E-state index contributed by atoms with van der Waals surface area (Å²) in [6.07, 6.45) is 1.17. The van der Waals surface area contributed by atoms with Crippen molar-refractivity contribution in [2.75, 3.05) is 11.8 Å². The number of carbonyl (C=O) groups excluding carboxylic acids is 1. The smallest absolute Gasteiger partial charge is 0.357 e. The number of nitrogens with one attached hydrogen (secondary N) is 2. The second kappa shape index (κ2) is 10.6. The van der Waals surface area contributed by atoms with Crippen LogP contribution >= 0.6 is 11.3 Å². The van der Waals surface area contributed by atoms with Gasteiger partial charge < -0.3 is 10.1 Å². The summed E-state index contributed by atoms with van der Waals surface area (Å²) in [5, 5.41) is 5.68. The Morgan fingerprint density at radius 3 is 2.50 bits per heavy atom. The molecule has 1 atom stereocenters. The monoisotopic (exact) mass is 475 g/mol. The Kier molecular flexibility index (Phi) is 7.84. The van der Waals surface area contributed by atoms with Crippen molar-refractivity contribution >= 4 is 33.2 Å². The molecule has 3 aromatic rings. The van der Waals surface area contributed by atoms with Crippen molar-refractivity contribution in [1.82, 2.24) is 10.3 Å². The average Bonchev–Trinajstić information content (AvgIpc) is 3.23. The number of carbonyl (C=O) groups is 1. The highest BCUT2D eigenvalue weighted by atomic mass is 32.2. The third-order valence-electron chi connectivity index (χ3n) is 4.79. The molecule has 10 heteroatoms. The largest absolute Gasteiger partial charge is 0.496 e. The highest BCUT2D eigenvalue weighted by Crippen LogP contribution is 2.27. The van der Waals surface area contributed by atoms with Gasteiger partial charge in [0.2, 0.25) is 5.91 Å². The molecule has 2 aromatic carbocycles. The van der Waals surface area contributed by atoms with Gasteiger partial charge in [0.1, 0.15) is 10.8 Å². The van der Waals surface area contributed by atoms with Gasteiger partial charge in [-0.05, 0) is 24.1 Å². The normalized spacial score (nSPS) is 12.2. The lowest BCUT2D eigenvalue weighted by Gasteiger charge is -2.19. The summed E-state index contributed by atoms with van der Waals surface area (Å²) in [6.45, 7) is 2.00. The van der Waals surface area contributed by atoms with Crippen LogP contribution in [0.2, 0.25) is 0 Å². The summed E-state index contributed by atoms with van der Waals surface area (Å²) in [7, 11) is -2.88. The van der Waals surface area contributed by atoms with E-state index in [-0.39, 0.29) is 24.4 Å². The van der Waals surface area contributed by atoms with E-state index in [1.54, 1.807) is 37.4 Å². The second-order valence-corrected chi connectivity index (χ2v) is 9.12. The maximum Gasteiger partial charge on any atom is 0.357 e. The molecule has 1 amide bonds. The number of nitrogens with zero attached hydrogens (tertiary/aromatic N) is 1. The van der Waals surface area contributed by atoms with Crippen molar-refractivity contribution in [3.63, 3.8) is 0 Å². The predicted molar refractivity (Wildman–Crippen MR) is 124 cm³/mol. The number of para-hydroxylation sites is 2. The molecular weight excluding hydrogens is 450 g/mol. The number of hydrogen-bond acceptors (Lipinski definition) is 6. The number of amides is 1. The van der Waals surface area contributed by atoms with Crippen molar-refractivity contribution < 1.29 is 22.5 Å². The molecule has 0 saturated heterocycles. The summed E-state index contributed by atoms with van der Waals surface area (Å²) in [5.41, 5.74) is 2.53. The van der Waals surface area contributed by atoms with Crippen LogP contribution in [-0.2, 0) is 34.4 Å². The number of benzene rings is 2. The second-order valence-electron chi connectivity index (χ2n) is 7.08. The van der Waals surface area contributed by atoms with Crippen LogP contribution in [0.4, 0.5) is 5.69 Å². The zero-order chi connectivity index (χ0) is 23.1. The van der Waals surface area contributed by atoms with Crippen molar-refractivity contribution in [2.45, 2.75) is 32.2 Å². The van der Waals surface area contributed by atoms with Gasteiger partial charge in [-0.1, -0.05) is 43.3 Å². The van der Waals surface area contributed by atoms with Crippen molar-refractivity contribution in [3.8, 4) is 5.75 Å². The Hall–Kier alpha value is -2.95. The first-order valence-corrected chi connectivity index (χ1v) is 12.3. The Bertz CT molecular complexity index is 1180. The first-order chi connectivity index (χ1) is 15.3. The van der Waals surface area contributed by atoms with Gasteiger partial charge in [0.05, 0.1) is 31.0 Å². The van der Waals surface area contributed by atoms with Crippen molar-refractivity contribution in [3.05, 3.63) is 75.7 Å². The molecule has 1 unspecified atom stereocenters. The maximum atomic E-state index is 12.9. The molecule has 1 aromatic heterocycles. The van der Waals surface area contributed by atoms with Crippen LogP contribution in [0.15, 0.2) is 53.9 Å². The van der Waals surface area contributed by atoms with E-state index < -0.39 is 16.3 Å². The molecule has 0 fully saturated rings. The lowest BCUT2D eigenvalue weighted by atomic mass is 10.0. The zero-order valence-corrected chi connectivity index (χ0v) is 19.4. The minimum atomic E-state index is -4.44. The van der Waals surface area contributed by atoms with Crippen LogP contribution in [0.1, 0.15) is 34.8 Å². The Morgan fingerprint density at radius 1 is 1.16 bits per heavy atom. The third kappa shape index (κ3) is 6.52. The molecule has 170 valence electrons. The third-order valence-corrected chi connectivity index (χ3v) is 6.27. The van der Waals surface area contributed by atoms with E-state index >= 15 is 0 Å². The molecule has 0 bridgehead atoms. The van der Waals surface area contributed by atoms with Crippen molar-refractivity contribution in [2.24, 2.45) is 0 Å². The van der Waals surface area contributed by atoms with E-state index in [1.807, 2.05) is 30.5 Å². The van der Waals surface area contributed by atoms with Crippen LogP contribution in [0.25, 0.3) is 0 Å². The molecule has 0 radical (unpaired) electrons. The van der Waals surface area contributed by atoms with Crippen molar-refractivity contribution in [1.29, 1.82) is 0 Å². The standard InChI is InChI=1S/C22H25N3O5S2/c1-3-17-14-31-22(23-17)19(12-15-8-4-6-10-18(15)25-32(27,28)29)24-21(26)13-16-9-5-7-11-20(16)30-2/h4-11,14,19,25H,3,12-13H2,1-2H3,(H,24,26)(H,27,28,29). The number of thiazole rings is 1. The fourth-order valence-electron chi connectivity index (χ4n) is 3.27. The summed E-state index contributed by atoms with van der Waals surface area (Å²) in [6, 6.07) is 13.5. The Morgan fingerprint density at radius 2 is 1.84 bits per heavy atom. The molecule has 8 nitrogen and oxygen atoms in total. The van der Waals surface area contributed by atoms with Crippen LogP contribution in [0, 0.1) is 0 Å². The lowest BCUT2D eigenvalue weighted by molar-refractivity contribution is -0.121. The number of anilines is 1. The fraction of sp³-hybridized carbons (Fsp3) is 0.273. The topological polar surface area (TPSA) is 118 Å². The van der Waals surface area contributed by atoms with Gasteiger partial charge in [-0.15, -0.1) is 11.3 Å². The van der Waals surface area contributed by atoms with Crippen LogP contribution in [0.3, 0.4) is 0 Å². The molecule has 0 aliphatic rings. The molecular formula is C22H25N3O5S2. The minimum absolute atomic E-state index is 0.122. The molecule has 3 N–H and O–H groups in total. The first-order valence-electron chi connectivity index (χ1n) is 9.97. The number of hydrogen-bond donors (Lipinski definition) is 3. The maximum absolute atomic E-state index is 12.9. The summed E-state index contributed by atoms with van der Waals surface area (Å²) >= 11 is 1.44. The summed E-state index contributed by atoms with van der Waals surface area (Å²) in [5.74, 6) is 0.414. The predicted octanol–water partition coefficient (Wildman–Crippen LogP) is 3.57. The number of ether oxygens (including phenoxy) is 1. The van der Waals surface area contributed by atoms with Gasteiger partial charge in [-0.3, -0.25) is 14.1 Å². The SMILES string of the molecule is CCc1csc(C(Cc2ccccc2NS(=O)(=O)O)NC(=O)Cc2ccccc2OC)n1. The molecule has 32 heavy (non-hydrogen) atoms. The van der Waals surface area contributed by atoms with E-state index in [0.717, 1.165) is 22.7 Å². The number of aromatic nitrogens is 1. The average molecular weight is 476 g/mol. The van der Waals surface area contributed by atoms with Gasteiger partial charge in [-0.25, -0.2) is 4.98 Å². The van der Waals surface area contributed by atoms with Gasteiger partial charge >= 0.3 is 10.3 Å². The molecule has 0 saturated carbocycles. The molecule has 0 spiro atoms. The van der Waals surface area contributed by atoms with E-state index in [9.17, 15) is 17.8 Å². The molecule has 3 rings (SSSR count). The van der Waals surface area contributed by atoms with E-state index in [4.69, 9.17) is 4.74 Å². The Labute approximate surface area is 191 Å². The summed E-state index contributed by atoms with van der Waals surface area (Å²) in [4.78, 5) is 17.5. The first kappa shape index (κ1) is 23.7. The number of methoxy groups -OCH3 is 1. The van der Waals surface area contributed by atoms with Gasteiger partial charge in [-0.2, -0.15) is 8.42 Å². The molecule has 1 heterocycles.